The molecule has 0 fully saturated rings. The van der Waals surface area contributed by atoms with Crippen molar-refractivity contribution in [2.24, 2.45) is 5.92 Å². The van der Waals surface area contributed by atoms with Gasteiger partial charge < -0.3 is 10.1 Å². The fraction of sp³-hybridized carbons (Fsp3) is 0.333. The summed E-state index contributed by atoms with van der Waals surface area (Å²) in [7, 11) is 1.55. The first-order valence-corrected chi connectivity index (χ1v) is 8.54. The molecule has 0 radical (unpaired) electrons. The first kappa shape index (κ1) is 18.7. The van der Waals surface area contributed by atoms with Crippen molar-refractivity contribution < 1.29 is 14.3 Å². The van der Waals surface area contributed by atoms with Crippen LogP contribution in [-0.2, 0) is 11.2 Å². The predicted octanol–water partition coefficient (Wildman–Crippen LogP) is 4.50. The molecule has 4 nitrogen and oxygen atoms in total. The van der Waals surface area contributed by atoms with Gasteiger partial charge in [0, 0.05) is 18.4 Å². The summed E-state index contributed by atoms with van der Waals surface area (Å²) in [5.74, 6) is 0.962. The number of hydrogen-bond acceptors (Lipinski definition) is 3. The molecule has 0 spiro atoms. The van der Waals surface area contributed by atoms with E-state index in [1.807, 2.05) is 36.4 Å². The molecule has 0 aromatic heterocycles. The first-order valence-electron chi connectivity index (χ1n) is 8.54. The van der Waals surface area contributed by atoms with Gasteiger partial charge in [0.25, 0.3) is 0 Å². The second kappa shape index (κ2) is 9.02. The van der Waals surface area contributed by atoms with Crippen LogP contribution in [-0.4, -0.2) is 18.8 Å². The summed E-state index contributed by atoms with van der Waals surface area (Å²) in [5, 5.41) is 2.78. The van der Waals surface area contributed by atoms with Crippen LogP contribution in [0.4, 0.5) is 5.69 Å². The zero-order chi connectivity index (χ0) is 18.2. The zero-order valence-corrected chi connectivity index (χ0v) is 15.0. The number of carbonyl (C=O) groups excluding carboxylic acids is 2. The number of benzene rings is 2. The molecule has 0 aliphatic carbocycles. The van der Waals surface area contributed by atoms with E-state index in [0.29, 0.717) is 22.9 Å². The normalized spacial score (nSPS) is 10.6. The molecule has 4 heteroatoms. The van der Waals surface area contributed by atoms with Crippen LogP contribution in [0.2, 0.25) is 0 Å². The lowest BCUT2D eigenvalue weighted by atomic mass is 9.99. The number of hydrogen-bond donors (Lipinski definition) is 1. The van der Waals surface area contributed by atoms with E-state index in [9.17, 15) is 9.59 Å². The Labute approximate surface area is 149 Å². The van der Waals surface area contributed by atoms with Crippen molar-refractivity contribution in [1.29, 1.82) is 0 Å². The molecule has 2 aromatic carbocycles. The van der Waals surface area contributed by atoms with Crippen molar-refractivity contribution in [1.82, 2.24) is 0 Å². The molecule has 1 N–H and O–H groups in total. The van der Waals surface area contributed by atoms with Crippen molar-refractivity contribution in [3.8, 4) is 5.75 Å². The summed E-state index contributed by atoms with van der Waals surface area (Å²) in [6, 6.07) is 14.9. The summed E-state index contributed by atoms with van der Waals surface area (Å²) >= 11 is 0. The number of ketones is 1. The molecule has 0 saturated carbocycles. The lowest BCUT2D eigenvalue weighted by Gasteiger charge is -2.09. The molecule has 2 aromatic rings. The number of nitrogens with one attached hydrogen (secondary N) is 1. The number of anilines is 1. The van der Waals surface area contributed by atoms with Crippen molar-refractivity contribution in [2.75, 3.05) is 12.4 Å². The minimum atomic E-state index is -0.200. The summed E-state index contributed by atoms with van der Waals surface area (Å²) in [6.07, 6.45) is 1.32. The highest BCUT2D eigenvalue weighted by Crippen LogP contribution is 2.23. The Kier molecular flexibility index (Phi) is 6.75. The fourth-order valence-corrected chi connectivity index (χ4v) is 2.63. The van der Waals surface area contributed by atoms with E-state index in [4.69, 9.17) is 4.74 Å². The first-order chi connectivity index (χ1) is 12.0. The van der Waals surface area contributed by atoms with Gasteiger partial charge in [-0.1, -0.05) is 50.2 Å². The average molecular weight is 339 g/mol. The molecule has 0 heterocycles. The van der Waals surface area contributed by atoms with E-state index in [-0.39, 0.29) is 24.5 Å². The van der Waals surface area contributed by atoms with Crippen LogP contribution in [0.3, 0.4) is 0 Å². The summed E-state index contributed by atoms with van der Waals surface area (Å²) in [6.45, 7) is 4.33. The van der Waals surface area contributed by atoms with Gasteiger partial charge in [0.05, 0.1) is 12.8 Å². The number of para-hydroxylation sites is 2. The fourth-order valence-electron chi connectivity index (χ4n) is 2.63. The highest BCUT2D eigenvalue weighted by Gasteiger charge is 2.11. The largest absolute Gasteiger partial charge is 0.495 e. The lowest BCUT2D eigenvalue weighted by molar-refractivity contribution is -0.116. The van der Waals surface area contributed by atoms with Crippen molar-refractivity contribution in [3.63, 3.8) is 0 Å². The summed E-state index contributed by atoms with van der Waals surface area (Å²) in [4.78, 5) is 24.3. The molecular weight excluding hydrogens is 314 g/mol. The Morgan fingerprint density at radius 1 is 1.00 bits per heavy atom. The van der Waals surface area contributed by atoms with Crippen LogP contribution >= 0.6 is 0 Å². The maximum absolute atomic E-state index is 12.3. The molecule has 25 heavy (non-hydrogen) atoms. The number of amides is 1. The summed E-state index contributed by atoms with van der Waals surface area (Å²) in [5.41, 5.74) is 2.48. The minimum absolute atomic E-state index is 0.0220. The number of rotatable bonds is 8. The molecular formula is C21H25NO3. The topological polar surface area (TPSA) is 55.4 Å². The Morgan fingerprint density at radius 2 is 1.68 bits per heavy atom. The van der Waals surface area contributed by atoms with Crippen molar-refractivity contribution in [2.45, 2.75) is 33.1 Å². The molecule has 0 bridgehead atoms. The summed E-state index contributed by atoms with van der Waals surface area (Å²) < 4.78 is 5.20. The zero-order valence-electron chi connectivity index (χ0n) is 15.0. The van der Waals surface area contributed by atoms with Crippen LogP contribution in [0.15, 0.2) is 48.5 Å². The molecule has 2 rings (SSSR count). The van der Waals surface area contributed by atoms with Gasteiger partial charge in [-0.15, -0.1) is 0 Å². The van der Waals surface area contributed by atoms with E-state index in [1.54, 1.807) is 19.2 Å². The van der Waals surface area contributed by atoms with Gasteiger partial charge in [-0.3, -0.25) is 9.59 Å². The molecule has 132 valence electrons. The molecule has 0 atom stereocenters. The van der Waals surface area contributed by atoms with Crippen LogP contribution in [0.5, 0.6) is 5.75 Å². The lowest BCUT2D eigenvalue weighted by Crippen LogP contribution is -2.14. The van der Waals surface area contributed by atoms with Crippen molar-refractivity contribution >= 4 is 17.4 Å². The second-order valence-electron chi connectivity index (χ2n) is 6.47. The van der Waals surface area contributed by atoms with Gasteiger partial charge in [0.1, 0.15) is 5.75 Å². The van der Waals surface area contributed by atoms with Gasteiger partial charge in [0.2, 0.25) is 5.91 Å². The molecule has 0 aliphatic heterocycles. The monoisotopic (exact) mass is 339 g/mol. The van der Waals surface area contributed by atoms with Crippen LogP contribution in [0.25, 0.3) is 0 Å². The second-order valence-corrected chi connectivity index (χ2v) is 6.47. The van der Waals surface area contributed by atoms with Gasteiger partial charge >= 0.3 is 0 Å². The highest BCUT2D eigenvalue weighted by molar-refractivity contribution is 6.00. The van der Waals surface area contributed by atoms with E-state index in [0.717, 1.165) is 6.42 Å². The molecule has 0 unspecified atom stereocenters. The Morgan fingerprint density at radius 3 is 2.32 bits per heavy atom. The average Bonchev–Trinajstić information content (AvgIpc) is 2.60. The van der Waals surface area contributed by atoms with Crippen molar-refractivity contribution in [3.05, 3.63) is 59.7 Å². The van der Waals surface area contributed by atoms with Crippen LogP contribution < -0.4 is 10.1 Å². The van der Waals surface area contributed by atoms with Gasteiger partial charge in [-0.2, -0.15) is 0 Å². The van der Waals surface area contributed by atoms with Gasteiger partial charge in [-0.05, 0) is 30.0 Å². The number of ether oxygens (including phenoxy) is 1. The maximum Gasteiger partial charge on any atom is 0.224 e. The Hall–Kier alpha value is -2.62. The van der Waals surface area contributed by atoms with E-state index in [2.05, 4.69) is 19.2 Å². The van der Waals surface area contributed by atoms with Crippen LogP contribution in [0, 0.1) is 5.92 Å². The Balaban J connectivity index is 1.87. The SMILES string of the molecule is COc1ccccc1NC(=O)CCC(=O)c1ccc(CC(C)C)cc1. The standard InChI is InChI=1S/C21H25NO3/c1-15(2)14-16-8-10-17(11-9-16)19(23)12-13-21(24)22-18-6-4-5-7-20(18)25-3/h4-11,15H,12-14H2,1-3H3,(H,22,24). The number of Topliss-reactive ketones (excluding diaryl/α,β-unsaturated/α-hetero) is 1. The quantitative estimate of drug-likeness (QED) is 0.721. The van der Waals surface area contributed by atoms with Crippen LogP contribution in [0.1, 0.15) is 42.6 Å². The van der Waals surface area contributed by atoms with Gasteiger partial charge in [0.15, 0.2) is 5.78 Å². The van der Waals surface area contributed by atoms with E-state index < -0.39 is 0 Å². The minimum Gasteiger partial charge on any atom is -0.495 e. The highest BCUT2D eigenvalue weighted by atomic mass is 16.5. The molecule has 0 aliphatic rings. The smallest absolute Gasteiger partial charge is 0.224 e. The number of methoxy groups -OCH3 is 1. The molecule has 1 amide bonds. The Bertz CT molecular complexity index is 720. The van der Waals surface area contributed by atoms with E-state index in [1.165, 1.54) is 5.56 Å². The third kappa shape index (κ3) is 5.75. The van der Waals surface area contributed by atoms with Gasteiger partial charge in [-0.25, -0.2) is 0 Å². The third-order valence-electron chi connectivity index (χ3n) is 3.88. The third-order valence-corrected chi connectivity index (χ3v) is 3.88. The molecule has 0 saturated heterocycles. The maximum atomic E-state index is 12.3. The predicted molar refractivity (Wildman–Crippen MR) is 100 cm³/mol. The number of carbonyl (C=O) groups is 2. The van der Waals surface area contributed by atoms with E-state index >= 15 is 0 Å².